The normalized spacial score (nSPS) is 21.6. The molecule has 114 valence electrons. The molecule has 1 amide bonds. The summed E-state index contributed by atoms with van der Waals surface area (Å²) in [5.74, 6) is -0.289. The lowest BCUT2D eigenvalue weighted by Gasteiger charge is -2.28. The van der Waals surface area contributed by atoms with Gasteiger partial charge in [0.1, 0.15) is 0 Å². The van der Waals surface area contributed by atoms with Crippen LogP contribution in [-0.4, -0.2) is 27.8 Å². The Hall–Kier alpha value is -1.33. The van der Waals surface area contributed by atoms with Crippen LogP contribution in [0.15, 0.2) is 12.1 Å². The third kappa shape index (κ3) is 2.99. The molecular formula is C14H16Cl2N2O3. The highest BCUT2D eigenvalue weighted by atomic mass is 35.5. The van der Waals surface area contributed by atoms with Gasteiger partial charge >= 0.3 is 0 Å². The fourth-order valence-corrected chi connectivity index (χ4v) is 3.22. The van der Waals surface area contributed by atoms with Gasteiger partial charge in [-0.3, -0.25) is 14.9 Å². The molecule has 5 nitrogen and oxygen atoms in total. The molecule has 1 aromatic carbocycles. The number of non-ortho nitro benzene ring substituents is 1. The SMILES string of the molecule is CCC1CCC(C)N1C(=O)c1cc([N+](=O)[O-])cc(Cl)c1Cl. The summed E-state index contributed by atoms with van der Waals surface area (Å²) in [7, 11) is 0. The molecule has 1 heterocycles. The molecule has 1 aromatic rings. The van der Waals surface area contributed by atoms with E-state index in [-0.39, 0.29) is 39.3 Å². The van der Waals surface area contributed by atoms with Gasteiger partial charge in [-0.1, -0.05) is 30.1 Å². The quantitative estimate of drug-likeness (QED) is 0.612. The van der Waals surface area contributed by atoms with E-state index in [4.69, 9.17) is 23.2 Å². The van der Waals surface area contributed by atoms with Crippen LogP contribution in [-0.2, 0) is 0 Å². The van der Waals surface area contributed by atoms with Crippen molar-refractivity contribution in [1.82, 2.24) is 4.90 Å². The van der Waals surface area contributed by atoms with Crippen LogP contribution < -0.4 is 0 Å². The van der Waals surface area contributed by atoms with Crippen molar-refractivity contribution in [3.05, 3.63) is 37.9 Å². The number of halogens is 2. The summed E-state index contributed by atoms with van der Waals surface area (Å²) in [6.45, 7) is 3.99. The number of hydrogen-bond acceptors (Lipinski definition) is 3. The molecule has 0 bridgehead atoms. The second-order valence-corrected chi connectivity index (χ2v) is 6.03. The Morgan fingerprint density at radius 1 is 1.43 bits per heavy atom. The monoisotopic (exact) mass is 330 g/mol. The van der Waals surface area contributed by atoms with Gasteiger partial charge < -0.3 is 4.90 Å². The third-order valence-electron chi connectivity index (χ3n) is 3.95. The second kappa shape index (κ2) is 6.20. The van der Waals surface area contributed by atoms with Crippen LogP contribution in [0.2, 0.25) is 10.0 Å². The predicted molar refractivity (Wildman–Crippen MR) is 82.1 cm³/mol. The molecule has 1 saturated heterocycles. The first kappa shape index (κ1) is 16.0. The Morgan fingerprint density at radius 3 is 2.67 bits per heavy atom. The van der Waals surface area contributed by atoms with E-state index in [2.05, 4.69) is 0 Å². The predicted octanol–water partition coefficient (Wildman–Crippen LogP) is 4.30. The van der Waals surface area contributed by atoms with Crippen molar-refractivity contribution in [3.63, 3.8) is 0 Å². The van der Waals surface area contributed by atoms with E-state index in [0.29, 0.717) is 0 Å². The number of carbonyl (C=O) groups excluding carboxylic acids is 1. The van der Waals surface area contributed by atoms with Crippen LogP contribution in [0, 0.1) is 10.1 Å². The number of amides is 1. The molecule has 0 spiro atoms. The van der Waals surface area contributed by atoms with E-state index < -0.39 is 4.92 Å². The third-order valence-corrected chi connectivity index (χ3v) is 4.75. The maximum atomic E-state index is 12.7. The molecule has 7 heteroatoms. The van der Waals surface area contributed by atoms with Crippen LogP contribution in [0.1, 0.15) is 43.5 Å². The van der Waals surface area contributed by atoms with Crippen LogP contribution in [0.3, 0.4) is 0 Å². The minimum absolute atomic E-state index is 0.0223. The molecule has 2 unspecified atom stereocenters. The van der Waals surface area contributed by atoms with E-state index in [9.17, 15) is 14.9 Å². The van der Waals surface area contributed by atoms with Crippen molar-refractivity contribution in [1.29, 1.82) is 0 Å². The van der Waals surface area contributed by atoms with Gasteiger partial charge in [-0.25, -0.2) is 0 Å². The summed E-state index contributed by atoms with van der Waals surface area (Å²) in [5, 5.41) is 11.0. The summed E-state index contributed by atoms with van der Waals surface area (Å²) in [6, 6.07) is 2.60. The maximum Gasteiger partial charge on any atom is 0.271 e. The smallest absolute Gasteiger partial charge is 0.271 e. The zero-order chi connectivity index (χ0) is 15.7. The number of nitro groups is 1. The Labute approximate surface area is 133 Å². The van der Waals surface area contributed by atoms with E-state index in [1.807, 2.05) is 13.8 Å². The first-order valence-corrected chi connectivity index (χ1v) is 7.58. The highest BCUT2D eigenvalue weighted by Gasteiger charge is 2.35. The van der Waals surface area contributed by atoms with Crippen molar-refractivity contribution in [2.75, 3.05) is 0 Å². The average molecular weight is 331 g/mol. The fraction of sp³-hybridized carbons (Fsp3) is 0.500. The number of carbonyl (C=O) groups is 1. The molecule has 0 saturated carbocycles. The summed E-state index contributed by atoms with van der Waals surface area (Å²) >= 11 is 12.0. The lowest BCUT2D eigenvalue weighted by molar-refractivity contribution is -0.384. The lowest BCUT2D eigenvalue weighted by Crippen LogP contribution is -2.39. The molecule has 0 aliphatic carbocycles. The van der Waals surface area contributed by atoms with Gasteiger partial charge in [0, 0.05) is 24.2 Å². The van der Waals surface area contributed by atoms with E-state index in [0.717, 1.165) is 25.3 Å². The van der Waals surface area contributed by atoms with E-state index in [1.54, 1.807) is 4.90 Å². The highest BCUT2D eigenvalue weighted by Crippen LogP contribution is 2.34. The minimum Gasteiger partial charge on any atom is -0.333 e. The lowest BCUT2D eigenvalue weighted by atomic mass is 10.1. The number of nitrogens with zero attached hydrogens (tertiary/aromatic N) is 2. The Bertz CT molecular complexity index is 592. The van der Waals surface area contributed by atoms with Crippen molar-refractivity contribution in [2.24, 2.45) is 0 Å². The number of nitro benzene ring substituents is 1. The Kier molecular flexibility index (Phi) is 4.74. The maximum absolute atomic E-state index is 12.7. The van der Waals surface area contributed by atoms with Crippen molar-refractivity contribution < 1.29 is 9.72 Å². The number of benzene rings is 1. The van der Waals surface area contributed by atoms with Gasteiger partial charge in [-0.2, -0.15) is 0 Å². The molecule has 0 N–H and O–H groups in total. The standard InChI is InChI=1S/C14H16Cl2N2O3/c1-3-9-5-4-8(2)17(9)14(19)11-6-10(18(20)21)7-12(15)13(11)16/h6-9H,3-5H2,1-2H3. The number of rotatable bonds is 3. The van der Waals surface area contributed by atoms with Crippen LogP contribution >= 0.6 is 23.2 Å². The first-order valence-electron chi connectivity index (χ1n) is 6.82. The zero-order valence-electron chi connectivity index (χ0n) is 11.8. The molecule has 2 atom stereocenters. The van der Waals surface area contributed by atoms with Crippen molar-refractivity contribution in [3.8, 4) is 0 Å². The molecule has 1 aliphatic heterocycles. The zero-order valence-corrected chi connectivity index (χ0v) is 13.3. The van der Waals surface area contributed by atoms with Gasteiger partial charge in [0.25, 0.3) is 11.6 Å². The number of hydrogen-bond donors (Lipinski definition) is 0. The van der Waals surface area contributed by atoms with E-state index >= 15 is 0 Å². The van der Waals surface area contributed by atoms with Crippen LogP contribution in [0.4, 0.5) is 5.69 Å². The van der Waals surface area contributed by atoms with Crippen molar-refractivity contribution >= 4 is 34.8 Å². The molecule has 21 heavy (non-hydrogen) atoms. The molecule has 0 radical (unpaired) electrons. The Balaban J connectivity index is 2.45. The van der Waals surface area contributed by atoms with Crippen molar-refractivity contribution in [2.45, 2.75) is 45.2 Å². The van der Waals surface area contributed by atoms with Gasteiger partial charge in [0.2, 0.25) is 0 Å². The topological polar surface area (TPSA) is 63.5 Å². The summed E-state index contributed by atoms with van der Waals surface area (Å²) in [6.07, 6.45) is 2.70. The molecule has 0 aromatic heterocycles. The number of likely N-dealkylation sites (tertiary alicyclic amines) is 1. The molecule has 2 rings (SSSR count). The summed E-state index contributed by atoms with van der Waals surface area (Å²) < 4.78 is 0. The van der Waals surface area contributed by atoms with Gasteiger partial charge in [-0.15, -0.1) is 0 Å². The molecule has 1 aliphatic rings. The minimum atomic E-state index is -0.580. The van der Waals surface area contributed by atoms with Crippen LogP contribution in [0.25, 0.3) is 0 Å². The first-order chi connectivity index (χ1) is 9.86. The van der Waals surface area contributed by atoms with Gasteiger partial charge in [-0.05, 0) is 26.2 Å². The van der Waals surface area contributed by atoms with E-state index in [1.165, 1.54) is 6.07 Å². The fourth-order valence-electron chi connectivity index (χ4n) is 2.81. The van der Waals surface area contributed by atoms with Gasteiger partial charge in [0.15, 0.2) is 0 Å². The average Bonchev–Trinajstić information content (AvgIpc) is 2.81. The molecular weight excluding hydrogens is 315 g/mol. The second-order valence-electron chi connectivity index (χ2n) is 5.25. The van der Waals surface area contributed by atoms with Crippen LogP contribution in [0.5, 0.6) is 0 Å². The molecule has 1 fully saturated rings. The Morgan fingerprint density at radius 2 is 2.10 bits per heavy atom. The highest BCUT2D eigenvalue weighted by molar-refractivity contribution is 6.44. The largest absolute Gasteiger partial charge is 0.333 e. The summed E-state index contributed by atoms with van der Waals surface area (Å²) in [5.41, 5.74) is -0.129. The summed E-state index contributed by atoms with van der Waals surface area (Å²) in [4.78, 5) is 24.8. The van der Waals surface area contributed by atoms with Gasteiger partial charge in [0.05, 0.1) is 20.5 Å².